The zero-order chi connectivity index (χ0) is 27.2. The van der Waals surface area contributed by atoms with E-state index in [4.69, 9.17) is 0 Å². The van der Waals surface area contributed by atoms with E-state index < -0.39 is 34.3 Å². The summed E-state index contributed by atoms with van der Waals surface area (Å²) < 4.78 is 42.7. The van der Waals surface area contributed by atoms with Crippen molar-refractivity contribution < 1.29 is 22.4 Å². The predicted molar refractivity (Wildman–Crippen MR) is 145 cm³/mol. The average molecular weight is 591 g/mol. The van der Waals surface area contributed by atoms with E-state index in [1.807, 2.05) is 31.2 Å². The van der Waals surface area contributed by atoms with E-state index >= 15 is 0 Å². The van der Waals surface area contributed by atoms with Crippen LogP contribution in [-0.2, 0) is 26.2 Å². The minimum atomic E-state index is -4.19. The summed E-state index contributed by atoms with van der Waals surface area (Å²) in [5, 5.41) is 2.71. The Morgan fingerprint density at radius 3 is 2.27 bits per heavy atom. The van der Waals surface area contributed by atoms with Crippen LogP contribution < -0.4 is 9.62 Å². The Kier molecular flexibility index (Phi) is 9.45. The number of anilines is 1. The van der Waals surface area contributed by atoms with Gasteiger partial charge in [0.05, 0.1) is 10.6 Å². The third kappa shape index (κ3) is 7.17. The minimum absolute atomic E-state index is 0.00876. The minimum Gasteiger partial charge on any atom is -0.355 e. The number of hydrogen-bond donors (Lipinski definition) is 1. The summed E-state index contributed by atoms with van der Waals surface area (Å²) in [4.78, 5) is 27.8. The van der Waals surface area contributed by atoms with Gasteiger partial charge in [0.15, 0.2) is 0 Å². The highest BCUT2D eigenvalue weighted by atomic mass is 79.9. The summed E-state index contributed by atoms with van der Waals surface area (Å²) in [7, 11) is -4.19. The second kappa shape index (κ2) is 12.3. The second-order valence-corrected chi connectivity index (χ2v) is 11.3. The molecule has 0 saturated carbocycles. The van der Waals surface area contributed by atoms with Crippen molar-refractivity contribution in [2.45, 2.75) is 38.3 Å². The van der Waals surface area contributed by atoms with Crippen LogP contribution in [-0.4, -0.2) is 44.3 Å². The van der Waals surface area contributed by atoms with Crippen molar-refractivity contribution in [2.24, 2.45) is 0 Å². The first kappa shape index (κ1) is 28.3. The molecule has 3 aromatic rings. The van der Waals surface area contributed by atoms with E-state index in [1.165, 1.54) is 29.2 Å². The number of hydrogen-bond acceptors (Lipinski definition) is 4. The van der Waals surface area contributed by atoms with E-state index in [0.717, 1.165) is 32.0 Å². The van der Waals surface area contributed by atoms with E-state index in [0.29, 0.717) is 6.54 Å². The molecule has 2 amide bonds. The summed E-state index contributed by atoms with van der Waals surface area (Å²) in [6.07, 6.45) is 0. The topological polar surface area (TPSA) is 86.8 Å². The Morgan fingerprint density at radius 1 is 1.03 bits per heavy atom. The number of halogens is 2. The molecule has 0 bridgehead atoms. The molecule has 1 atom stereocenters. The zero-order valence-electron chi connectivity index (χ0n) is 20.8. The monoisotopic (exact) mass is 589 g/mol. The normalized spacial score (nSPS) is 12.0. The highest BCUT2D eigenvalue weighted by molar-refractivity contribution is 9.10. The fourth-order valence-electron chi connectivity index (χ4n) is 3.71. The molecule has 10 heteroatoms. The molecule has 0 aromatic heterocycles. The van der Waals surface area contributed by atoms with Crippen LogP contribution in [0.3, 0.4) is 0 Å². The van der Waals surface area contributed by atoms with Gasteiger partial charge in [-0.05, 0) is 74.9 Å². The van der Waals surface area contributed by atoms with Gasteiger partial charge >= 0.3 is 0 Å². The van der Waals surface area contributed by atoms with Crippen LogP contribution in [0.25, 0.3) is 0 Å². The molecule has 0 radical (unpaired) electrons. The Bertz CT molecular complexity index is 1350. The number of aryl methyl sites for hydroxylation is 1. The molecule has 3 rings (SSSR count). The smallest absolute Gasteiger partial charge is 0.264 e. The van der Waals surface area contributed by atoms with E-state index in [1.54, 1.807) is 26.0 Å². The summed E-state index contributed by atoms with van der Waals surface area (Å²) in [6, 6.07) is 17.5. The molecule has 0 aliphatic heterocycles. The first-order chi connectivity index (χ1) is 17.5. The molecule has 1 N–H and O–H groups in total. The maximum atomic E-state index is 13.7. The van der Waals surface area contributed by atoms with Crippen molar-refractivity contribution in [1.29, 1.82) is 0 Å². The van der Waals surface area contributed by atoms with Gasteiger partial charge in [0.25, 0.3) is 10.0 Å². The number of nitrogens with zero attached hydrogens (tertiary/aromatic N) is 2. The van der Waals surface area contributed by atoms with Crippen molar-refractivity contribution in [3.8, 4) is 0 Å². The summed E-state index contributed by atoms with van der Waals surface area (Å²) in [5.41, 5.74) is 1.76. The van der Waals surface area contributed by atoms with Crippen LogP contribution in [0.15, 0.2) is 82.2 Å². The molecule has 0 fully saturated rings. The number of likely N-dealkylation sites (N-methyl/N-ethyl adjacent to an activating group) is 1. The number of amides is 2. The summed E-state index contributed by atoms with van der Waals surface area (Å²) in [5.74, 6) is -1.48. The molecule has 37 heavy (non-hydrogen) atoms. The van der Waals surface area contributed by atoms with Crippen molar-refractivity contribution >= 4 is 43.5 Å². The molecule has 0 aliphatic carbocycles. The molecule has 0 heterocycles. The van der Waals surface area contributed by atoms with Crippen LogP contribution >= 0.6 is 15.9 Å². The van der Waals surface area contributed by atoms with Gasteiger partial charge in [-0.3, -0.25) is 13.9 Å². The van der Waals surface area contributed by atoms with Crippen molar-refractivity contribution in [2.75, 3.05) is 17.4 Å². The summed E-state index contributed by atoms with van der Waals surface area (Å²) >= 11 is 3.41. The average Bonchev–Trinajstić information content (AvgIpc) is 2.86. The Labute approximate surface area is 225 Å². The Balaban J connectivity index is 2.02. The van der Waals surface area contributed by atoms with E-state index in [9.17, 15) is 22.4 Å². The molecular weight excluding hydrogens is 561 g/mol. The van der Waals surface area contributed by atoms with E-state index in [2.05, 4.69) is 21.2 Å². The lowest BCUT2D eigenvalue weighted by atomic mass is 10.1. The van der Waals surface area contributed by atoms with Gasteiger partial charge in [-0.25, -0.2) is 12.8 Å². The van der Waals surface area contributed by atoms with Gasteiger partial charge in [0, 0.05) is 17.6 Å². The second-order valence-electron chi connectivity index (χ2n) is 8.52. The summed E-state index contributed by atoms with van der Waals surface area (Å²) in [6.45, 7) is 5.08. The lowest BCUT2D eigenvalue weighted by Gasteiger charge is -2.32. The Morgan fingerprint density at radius 2 is 1.68 bits per heavy atom. The number of carbonyl (C=O) groups excluding carboxylic acids is 2. The fourth-order valence-corrected chi connectivity index (χ4v) is 5.57. The van der Waals surface area contributed by atoms with Gasteiger partial charge in [-0.1, -0.05) is 45.8 Å². The predicted octanol–water partition coefficient (Wildman–Crippen LogP) is 4.65. The zero-order valence-corrected chi connectivity index (χ0v) is 23.2. The number of benzene rings is 3. The highest BCUT2D eigenvalue weighted by Gasteiger charge is 2.32. The molecule has 7 nitrogen and oxygen atoms in total. The van der Waals surface area contributed by atoms with Crippen LogP contribution in [0.1, 0.15) is 25.0 Å². The van der Waals surface area contributed by atoms with Gasteiger partial charge < -0.3 is 10.2 Å². The van der Waals surface area contributed by atoms with Crippen LogP contribution in [0.5, 0.6) is 0 Å². The maximum absolute atomic E-state index is 13.7. The fraction of sp³-hybridized carbons (Fsp3) is 0.259. The lowest BCUT2D eigenvalue weighted by molar-refractivity contribution is -0.139. The largest absolute Gasteiger partial charge is 0.355 e. The SMILES string of the molecule is CCNC(=O)C(C)N(Cc1cccc(Br)c1)C(=O)CN(c1ccc(F)cc1)S(=O)(=O)c1ccc(C)cc1. The standard InChI is InChI=1S/C27H29BrFN3O4S/c1-4-30-27(34)20(3)31(17-21-6-5-7-22(28)16-21)26(33)18-32(24-12-10-23(29)11-13-24)37(35,36)25-14-8-19(2)9-15-25/h5-16,20H,4,17-18H2,1-3H3,(H,30,34). The van der Waals surface area contributed by atoms with Crippen molar-refractivity contribution in [3.05, 3.63) is 94.2 Å². The lowest BCUT2D eigenvalue weighted by Crippen LogP contribution is -2.51. The van der Waals surface area contributed by atoms with Gasteiger partial charge in [-0.2, -0.15) is 0 Å². The van der Waals surface area contributed by atoms with Gasteiger partial charge in [0.2, 0.25) is 11.8 Å². The number of carbonyl (C=O) groups is 2. The third-order valence-corrected chi connectivity index (χ3v) is 8.04. The van der Waals surface area contributed by atoms with Gasteiger partial charge in [-0.15, -0.1) is 0 Å². The van der Waals surface area contributed by atoms with Crippen LogP contribution in [0.2, 0.25) is 0 Å². The number of sulfonamides is 1. The molecular formula is C27H29BrFN3O4S. The highest BCUT2D eigenvalue weighted by Crippen LogP contribution is 2.25. The van der Waals surface area contributed by atoms with Crippen molar-refractivity contribution in [3.63, 3.8) is 0 Å². The van der Waals surface area contributed by atoms with Gasteiger partial charge in [0.1, 0.15) is 18.4 Å². The van der Waals surface area contributed by atoms with E-state index in [-0.39, 0.29) is 23.0 Å². The third-order valence-electron chi connectivity index (χ3n) is 5.76. The quantitative estimate of drug-likeness (QED) is 0.373. The molecule has 0 saturated heterocycles. The number of rotatable bonds is 10. The Hall–Kier alpha value is -3.24. The molecule has 1 unspecified atom stereocenters. The molecule has 3 aromatic carbocycles. The van der Waals surface area contributed by atoms with Crippen LogP contribution in [0, 0.1) is 12.7 Å². The van der Waals surface area contributed by atoms with Crippen molar-refractivity contribution in [1.82, 2.24) is 10.2 Å². The molecule has 196 valence electrons. The first-order valence-corrected chi connectivity index (χ1v) is 13.9. The first-order valence-electron chi connectivity index (χ1n) is 11.7. The molecule has 0 spiro atoms. The number of nitrogens with one attached hydrogen (secondary N) is 1. The maximum Gasteiger partial charge on any atom is 0.264 e. The van der Waals surface area contributed by atoms with Crippen LogP contribution in [0.4, 0.5) is 10.1 Å². The molecule has 0 aliphatic rings.